The van der Waals surface area contributed by atoms with Crippen LogP contribution in [0.3, 0.4) is 0 Å². The van der Waals surface area contributed by atoms with Crippen LogP contribution in [0.25, 0.3) is 0 Å². The monoisotopic (exact) mass is 294 g/mol. The van der Waals surface area contributed by atoms with Crippen molar-refractivity contribution in [3.8, 4) is 0 Å². The number of rotatable bonds is 7. The van der Waals surface area contributed by atoms with E-state index in [4.69, 9.17) is 9.47 Å². The quantitative estimate of drug-likeness (QED) is 0.810. The fraction of sp³-hybridized carbons (Fsp3) is 0.467. The first-order chi connectivity index (χ1) is 10.2. The van der Waals surface area contributed by atoms with Gasteiger partial charge in [-0.05, 0) is 24.5 Å². The van der Waals surface area contributed by atoms with Gasteiger partial charge in [0.1, 0.15) is 0 Å². The fourth-order valence-corrected chi connectivity index (χ4v) is 1.63. The number of alkyl carbamates (subject to hydrolysis) is 2. The Kier molecular flexibility index (Phi) is 7.71. The summed E-state index contributed by atoms with van der Waals surface area (Å²) in [4.78, 5) is 22.6. The molecule has 6 nitrogen and oxygen atoms in total. The molecule has 0 atom stereocenters. The predicted octanol–water partition coefficient (Wildman–Crippen LogP) is 2.57. The molecule has 0 saturated heterocycles. The van der Waals surface area contributed by atoms with E-state index in [-0.39, 0.29) is 0 Å². The number of carbonyl (C=O) groups excluding carboxylic acids is 2. The molecule has 0 saturated carbocycles. The number of ether oxygens (including phenoxy) is 2. The second kappa shape index (κ2) is 9.63. The van der Waals surface area contributed by atoms with Crippen molar-refractivity contribution in [2.24, 2.45) is 0 Å². The molecule has 0 unspecified atom stereocenters. The highest BCUT2D eigenvalue weighted by Gasteiger charge is 2.03. The maximum absolute atomic E-state index is 11.3. The van der Waals surface area contributed by atoms with Crippen molar-refractivity contribution in [2.75, 3.05) is 13.2 Å². The molecule has 0 radical (unpaired) electrons. The maximum atomic E-state index is 11.3. The molecule has 2 N–H and O–H groups in total. The Bertz CT molecular complexity index is 463. The van der Waals surface area contributed by atoms with E-state index < -0.39 is 12.2 Å². The van der Waals surface area contributed by atoms with Crippen LogP contribution in [0.5, 0.6) is 0 Å². The Labute approximate surface area is 124 Å². The van der Waals surface area contributed by atoms with Crippen molar-refractivity contribution >= 4 is 12.2 Å². The van der Waals surface area contributed by atoms with Gasteiger partial charge < -0.3 is 20.1 Å². The summed E-state index contributed by atoms with van der Waals surface area (Å²) in [5.74, 6) is 0. The molecular formula is C15H22N2O4. The number of hydrogen-bond donors (Lipinski definition) is 2. The van der Waals surface area contributed by atoms with Crippen LogP contribution < -0.4 is 10.6 Å². The standard InChI is InChI=1S/C15H22N2O4/c1-3-8-21-15(19)17-11-13-7-5-6-12(9-13)10-16-14(18)20-4-2/h5-7,9H,3-4,8,10-11H2,1-2H3,(H,16,18)(H,17,19). The van der Waals surface area contributed by atoms with Crippen LogP contribution in [0.15, 0.2) is 24.3 Å². The van der Waals surface area contributed by atoms with E-state index >= 15 is 0 Å². The van der Waals surface area contributed by atoms with Gasteiger partial charge in [-0.2, -0.15) is 0 Å². The lowest BCUT2D eigenvalue weighted by atomic mass is 10.1. The maximum Gasteiger partial charge on any atom is 0.407 e. The van der Waals surface area contributed by atoms with Gasteiger partial charge in [-0.1, -0.05) is 31.2 Å². The summed E-state index contributed by atoms with van der Waals surface area (Å²) >= 11 is 0. The molecule has 0 aromatic heterocycles. The van der Waals surface area contributed by atoms with Gasteiger partial charge in [0, 0.05) is 13.1 Å². The number of carbonyl (C=O) groups is 2. The molecule has 21 heavy (non-hydrogen) atoms. The molecule has 1 rings (SSSR count). The lowest BCUT2D eigenvalue weighted by Gasteiger charge is -2.09. The van der Waals surface area contributed by atoms with Crippen LogP contribution in [-0.2, 0) is 22.6 Å². The Hall–Kier alpha value is -2.24. The van der Waals surface area contributed by atoms with E-state index in [9.17, 15) is 9.59 Å². The van der Waals surface area contributed by atoms with Crippen LogP contribution >= 0.6 is 0 Å². The SMILES string of the molecule is CCCOC(=O)NCc1cccc(CNC(=O)OCC)c1. The zero-order valence-electron chi connectivity index (χ0n) is 12.5. The van der Waals surface area contributed by atoms with Crippen molar-refractivity contribution in [3.05, 3.63) is 35.4 Å². The summed E-state index contributed by atoms with van der Waals surface area (Å²) in [5.41, 5.74) is 1.87. The normalized spacial score (nSPS) is 9.81. The van der Waals surface area contributed by atoms with Crippen LogP contribution in [-0.4, -0.2) is 25.4 Å². The molecule has 0 fully saturated rings. The first-order valence-electron chi connectivity index (χ1n) is 7.04. The minimum absolute atomic E-state index is 0.343. The Morgan fingerprint density at radius 1 is 1.00 bits per heavy atom. The third-order valence-corrected chi connectivity index (χ3v) is 2.58. The van der Waals surface area contributed by atoms with Crippen molar-refractivity contribution in [1.29, 1.82) is 0 Å². The highest BCUT2D eigenvalue weighted by molar-refractivity contribution is 5.67. The van der Waals surface area contributed by atoms with Gasteiger partial charge in [0.25, 0.3) is 0 Å². The molecular weight excluding hydrogens is 272 g/mol. The molecule has 0 aliphatic heterocycles. The summed E-state index contributed by atoms with van der Waals surface area (Å²) in [5, 5.41) is 5.32. The van der Waals surface area contributed by atoms with Gasteiger partial charge in [0.15, 0.2) is 0 Å². The molecule has 0 aliphatic carbocycles. The van der Waals surface area contributed by atoms with E-state index in [1.54, 1.807) is 6.92 Å². The Morgan fingerprint density at radius 3 is 2.10 bits per heavy atom. The Balaban J connectivity index is 2.41. The van der Waals surface area contributed by atoms with E-state index in [1.165, 1.54) is 0 Å². The average Bonchev–Trinajstić information content (AvgIpc) is 2.49. The van der Waals surface area contributed by atoms with Crippen molar-refractivity contribution in [1.82, 2.24) is 10.6 Å². The number of nitrogens with one attached hydrogen (secondary N) is 2. The van der Waals surface area contributed by atoms with Gasteiger partial charge in [-0.3, -0.25) is 0 Å². The van der Waals surface area contributed by atoms with E-state index in [0.717, 1.165) is 17.5 Å². The zero-order valence-corrected chi connectivity index (χ0v) is 12.5. The van der Waals surface area contributed by atoms with E-state index in [0.29, 0.717) is 26.3 Å². The topological polar surface area (TPSA) is 76.7 Å². The predicted molar refractivity (Wildman–Crippen MR) is 78.8 cm³/mol. The lowest BCUT2D eigenvalue weighted by molar-refractivity contribution is 0.145. The van der Waals surface area contributed by atoms with Crippen LogP contribution in [0.1, 0.15) is 31.4 Å². The van der Waals surface area contributed by atoms with Crippen LogP contribution in [0, 0.1) is 0 Å². The molecule has 1 aromatic rings. The molecule has 0 heterocycles. The lowest BCUT2D eigenvalue weighted by Crippen LogP contribution is -2.25. The van der Waals surface area contributed by atoms with Crippen LogP contribution in [0.4, 0.5) is 9.59 Å². The molecule has 0 spiro atoms. The summed E-state index contributed by atoms with van der Waals surface area (Å²) in [6.07, 6.45) is -0.0707. The summed E-state index contributed by atoms with van der Waals surface area (Å²) in [7, 11) is 0. The van der Waals surface area contributed by atoms with Crippen molar-refractivity contribution in [3.63, 3.8) is 0 Å². The summed E-state index contributed by atoms with van der Waals surface area (Å²) < 4.78 is 9.71. The van der Waals surface area contributed by atoms with Crippen LogP contribution in [0.2, 0.25) is 0 Å². The molecule has 0 bridgehead atoms. The first-order valence-corrected chi connectivity index (χ1v) is 7.04. The Morgan fingerprint density at radius 2 is 1.57 bits per heavy atom. The second-order valence-electron chi connectivity index (χ2n) is 4.38. The third-order valence-electron chi connectivity index (χ3n) is 2.58. The number of hydrogen-bond acceptors (Lipinski definition) is 4. The van der Waals surface area contributed by atoms with Gasteiger partial charge in [0.05, 0.1) is 13.2 Å². The van der Waals surface area contributed by atoms with Gasteiger partial charge in [-0.25, -0.2) is 9.59 Å². The number of amides is 2. The minimum atomic E-state index is -0.441. The van der Waals surface area contributed by atoms with E-state index in [2.05, 4.69) is 10.6 Å². The summed E-state index contributed by atoms with van der Waals surface area (Å²) in [6, 6.07) is 7.57. The molecule has 0 aliphatic rings. The largest absolute Gasteiger partial charge is 0.450 e. The second-order valence-corrected chi connectivity index (χ2v) is 4.38. The highest BCUT2D eigenvalue weighted by Crippen LogP contribution is 2.05. The molecule has 116 valence electrons. The zero-order chi connectivity index (χ0) is 15.5. The molecule has 6 heteroatoms. The van der Waals surface area contributed by atoms with Gasteiger partial charge >= 0.3 is 12.2 Å². The molecule has 2 amide bonds. The number of benzene rings is 1. The molecule has 1 aromatic carbocycles. The smallest absolute Gasteiger partial charge is 0.407 e. The van der Waals surface area contributed by atoms with Crippen molar-refractivity contribution in [2.45, 2.75) is 33.4 Å². The first kappa shape index (κ1) is 16.8. The third kappa shape index (κ3) is 7.20. The van der Waals surface area contributed by atoms with Gasteiger partial charge in [0.2, 0.25) is 0 Å². The summed E-state index contributed by atoms with van der Waals surface area (Å²) in [6.45, 7) is 5.21. The van der Waals surface area contributed by atoms with Gasteiger partial charge in [-0.15, -0.1) is 0 Å². The van der Waals surface area contributed by atoms with E-state index in [1.807, 2.05) is 31.2 Å². The fourth-order valence-electron chi connectivity index (χ4n) is 1.63. The van der Waals surface area contributed by atoms with Crippen molar-refractivity contribution < 1.29 is 19.1 Å². The highest BCUT2D eigenvalue weighted by atomic mass is 16.6. The average molecular weight is 294 g/mol. The minimum Gasteiger partial charge on any atom is -0.450 e.